The van der Waals surface area contributed by atoms with Gasteiger partial charge in [0.05, 0.1) is 31.5 Å². The Balaban J connectivity index is 2.67. The Morgan fingerprint density at radius 3 is 2.41 bits per heavy atom. The number of methoxy groups -OCH3 is 2. The van der Waals surface area contributed by atoms with Crippen LogP contribution in [0.25, 0.3) is 0 Å². The molecule has 1 aromatic carbocycles. The molecule has 7 heteroatoms. The smallest absolute Gasteiger partial charge is 0.320 e. The van der Waals surface area contributed by atoms with Crippen molar-refractivity contribution >= 4 is 17.9 Å². The topological polar surface area (TPSA) is 77.1 Å². The number of hydrogen-bond donors (Lipinski definition) is 1. The second-order valence-electron chi connectivity index (χ2n) is 4.65. The predicted octanol–water partition coefficient (Wildman–Crippen LogP) is 1.29. The number of carbonyl (C=O) groups is 2. The fraction of sp³-hybridized carbons (Fsp3) is 0.333. The van der Waals surface area contributed by atoms with Crippen LogP contribution in [0.5, 0.6) is 11.5 Å². The highest BCUT2D eigenvalue weighted by atomic mass is 16.7. The third kappa shape index (κ3) is 2.45. The highest BCUT2D eigenvalue weighted by molar-refractivity contribution is 6.15. The number of nitrogens with zero attached hydrogens (tertiary/aromatic N) is 1. The van der Waals surface area contributed by atoms with E-state index in [1.165, 1.54) is 19.3 Å². The van der Waals surface area contributed by atoms with E-state index in [2.05, 4.69) is 5.32 Å². The standard InChI is InChI=1S/C15H18N2O5/c1-9-11(7-16-2)15(19)10-5-13(20-3)14(21-4)6-12(10)17(9)22-8-18/h5-9,16H,1-4H3. The fourth-order valence-corrected chi connectivity index (χ4v) is 2.45. The highest BCUT2D eigenvalue weighted by Crippen LogP contribution is 2.40. The molecule has 1 unspecified atom stereocenters. The van der Waals surface area contributed by atoms with Crippen LogP contribution in [0.4, 0.5) is 5.69 Å². The fourth-order valence-electron chi connectivity index (χ4n) is 2.45. The normalized spacial score (nSPS) is 18.7. The molecular weight excluding hydrogens is 288 g/mol. The molecular formula is C15H18N2O5. The van der Waals surface area contributed by atoms with Gasteiger partial charge in [-0.3, -0.25) is 9.59 Å². The van der Waals surface area contributed by atoms with E-state index in [-0.39, 0.29) is 5.78 Å². The number of ether oxygens (including phenoxy) is 2. The first kappa shape index (κ1) is 15.7. The quantitative estimate of drug-likeness (QED) is 0.648. The predicted molar refractivity (Wildman–Crippen MR) is 80.1 cm³/mol. The molecule has 1 heterocycles. The van der Waals surface area contributed by atoms with Crippen molar-refractivity contribution in [1.29, 1.82) is 0 Å². The summed E-state index contributed by atoms with van der Waals surface area (Å²) in [5.74, 6) is 0.712. The molecule has 2 rings (SSSR count). The Labute approximate surface area is 128 Å². The number of fused-ring (bicyclic) bond motifs is 1. The maximum atomic E-state index is 12.7. The van der Waals surface area contributed by atoms with E-state index in [9.17, 15) is 9.59 Å². The van der Waals surface area contributed by atoms with E-state index in [0.717, 1.165) is 0 Å². The van der Waals surface area contributed by atoms with Gasteiger partial charge >= 0.3 is 6.47 Å². The molecule has 1 aliphatic rings. The molecule has 0 spiro atoms. The lowest BCUT2D eigenvalue weighted by Gasteiger charge is -2.35. The molecule has 0 amide bonds. The summed E-state index contributed by atoms with van der Waals surface area (Å²) in [6.45, 7) is 2.09. The van der Waals surface area contributed by atoms with Gasteiger partial charge in [-0.25, -0.2) is 0 Å². The summed E-state index contributed by atoms with van der Waals surface area (Å²) in [5, 5.41) is 4.20. The van der Waals surface area contributed by atoms with E-state index >= 15 is 0 Å². The number of carbonyl (C=O) groups excluding carboxylic acids is 2. The molecule has 0 aromatic heterocycles. The summed E-state index contributed by atoms with van der Waals surface area (Å²) in [5.41, 5.74) is 1.30. The van der Waals surface area contributed by atoms with Crippen molar-refractivity contribution in [1.82, 2.24) is 5.32 Å². The molecule has 7 nitrogen and oxygen atoms in total. The van der Waals surface area contributed by atoms with Crippen LogP contribution in [0.3, 0.4) is 0 Å². The number of benzene rings is 1. The van der Waals surface area contributed by atoms with Crippen molar-refractivity contribution in [3.63, 3.8) is 0 Å². The lowest BCUT2D eigenvalue weighted by Crippen LogP contribution is -2.42. The number of hydroxylamine groups is 1. The first-order valence-electron chi connectivity index (χ1n) is 6.66. The van der Waals surface area contributed by atoms with Crippen molar-refractivity contribution < 1.29 is 23.9 Å². The van der Waals surface area contributed by atoms with Gasteiger partial charge in [0.2, 0.25) is 0 Å². The average molecular weight is 306 g/mol. The van der Waals surface area contributed by atoms with Crippen LogP contribution in [-0.4, -0.2) is 39.6 Å². The Morgan fingerprint density at radius 1 is 1.23 bits per heavy atom. The van der Waals surface area contributed by atoms with Gasteiger partial charge in [-0.05, 0) is 13.0 Å². The lowest BCUT2D eigenvalue weighted by atomic mass is 9.92. The van der Waals surface area contributed by atoms with Gasteiger partial charge in [0.1, 0.15) is 0 Å². The largest absolute Gasteiger partial charge is 0.493 e. The second kappa shape index (κ2) is 6.38. The molecule has 1 aliphatic heterocycles. The molecule has 22 heavy (non-hydrogen) atoms. The highest BCUT2D eigenvalue weighted by Gasteiger charge is 2.36. The van der Waals surface area contributed by atoms with Crippen LogP contribution in [0.15, 0.2) is 23.9 Å². The molecule has 1 N–H and O–H groups in total. The molecule has 0 radical (unpaired) electrons. The third-order valence-electron chi connectivity index (χ3n) is 3.50. The summed E-state index contributed by atoms with van der Waals surface area (Å²) >= 11 is 0. The minimum Gasteiger partial charge on any atom is -0.493 e. The monoisotopic (exact) mass is 306 g/mol. The zero-order valence-electron chi connectivity index (χ0n) is 12.9. The average Bonchev–Trinajstić information content (AvgIpc) is 2.54. The number of anilines is 1. The zero-order valence-corrected chi connectivity index (χ0v) is 12.9. The van der Waals surface area contributed by atoms with Crippen LogP contribution >= 0.6 is 0 Å². The number of rotatable bonds is 5. The zero-order chi connectivity index (χ0) is 16.3. The van der Waals surface area contributed by atoms with Gasteiger partial charge in [-0.15, -0.1) is 0 Å². The summed E-state index contributed by atoms with van der Waals surface area (Å²) in [6, 6.07) is 2.76. The molecule has 0 fully saturated rings. The maximum Gasteiger partial charge on any atom is 0.320 e. The Morgan fingerprint density at radius 2 is 1.86 bits per heavy atom. The number of ketones is 1. The molecule has 1 atom stereocenters. The second-order valence-corrected chi connectivity index (χ2v) is 4.65. The van der Waals surface area contributed by atoms with Crippen LogP contribution in [0.1, 0.15) is 17.3 Å². The lowest BCUT2D eigenvalue weighted by molar-refractivity contribution is -0.130. The van der Waals surface area contributed by atoms with E-state index in [1.807, 2.05) is 0 Å². The Bertz CT molecular complexity index is 627. The SMILES string of the molecule is CNC=C1C(=O)c2cc(OC)c(OC)cc2N(OC=O)C1C. The van der Waals surface area contributed by atoms with Crippen LogP contribution < -0.4 is 19.9 Å². The third-order valence-corrected chi connectivity index (χ3v) is 3.50. The van der Waals surface area contributed by atoms with E-state index < -0.39 is 6.04 Å². The Hall–Kier alpha value is -2.70. The van der Waals surface area contributed by atoms with Crippen LogP contribution in [0, 0.1) is 0 Å². The van der Waals surface area contributed by atoms with Gasteiger partial charge in [0.15, 0.2) is 17.3 Å². The summed E-state index contributed by atoms with van der Waals surface area (Å²) < 4.78 is 10.5. The summed E-state index contributed by atoms with van der Waals surface area (Å²) in [7, 11) is 4.68. The first-order chi connectivity index (χ1) is 10.6. The van der Waals surface area contributed by atoms with E-state index in [1.54, 1.807) is 32.3 Å². The molecule has 0 aliphatic carbocycles. The van der Waals surface area contributed by atoms with Crippen molar-refractivity contribution in [2.45, 2.75) is 13.0 Å². The van der Waals surface area contributed by atoms with Gasteiger partial charge in [0, 0.05) is 24.9 Å². The number of hydrogen-bond acceptors (Lipinski definition) is 7. The molecule has 0 saturated heterocycles. The summed E-state index contributed by atoms with van der Waals surface area (Å²) in [6.07, 6.45) is 1.59. The van der Waals surface area contributed by atoms with Gasteiger partial charge in [0.25, 0.3) is 0 Å². The van der Waals surface area contributed by atoms with Gasteiger partial charge in [-0.2, -0.15) is 5.06 Å². The minimum absolute atomic E-state index is 0.163. The van der Waals surface area contributed by atoms with E-state index in [0.29, 0.717) is 34.8 Å². The van der Waals surface area contributed by atoms with Crippen molar-refractivity contribution in [3.05, 3.63) is 29.5 Å². The molecule has 1 aromatic rings. The van der Waals surface area contributed by atoms with Crippen molar-refractivity contribution in [2.24, 2.45) is 0 Å². The molecule has 0 bridgehead atoms. The Kier molecular flexibility index (Phi) is 4.55. The van der Waals surface area contributed by atoms with Gasteiger partial charge in [-0.1, -0.05) is 0 Å². The van der Waals surface area contributed by atoms with Crippen LogP contribution in [-0.2, 0) is 9.63 Å². The van der Waals surface area contributed by atoms with E-state index in [4.69, 9.17) is 14.3 Å². The van der Waals surface area contributed by atoms with Crippen LogP contribution in [0.2, 0.25) is 0 Å². The molecule has 118 valence electrons. The van der Waals surface area contributed by atoms with Gasteiger partial charge < -0.3 is 19.6 Å². The summed E-state index contributed by atoms with van der Waals surface area (Å²) in [4.78, 5) is 28.5. The first-order valence-corrected chi connectivity index (χ1v) is 6.66. The number of Topliss-reactive ketones (excluding diaryl/α,β-unsaturated/α-hetero) is 1. The van der Waals surface area contributed by atoms with Crippen molar-refractivity contribution in [2.75, 3.05) is 26.3 Å². The van der Waals surface area contributed by atoms with Crippen molar-refractivity contribution in [3.8, 4) is 11.5 Å². The maximum absolute atomic E-state index is 12.7. The molecule has 0 saturated carbocycles. The number of nitrogens with one attached hydrogen (secondary N) is 1. The minimum atomic E-state index is -0.434.